The zero-order valence-electron chi connectivity index (χ0n) is 18.5. The smallest absolute Gasteiger partial charge is 0.256 e. The molecule has 1 saturated heterocycles. The lowest BCUT2D eigenvalue weighted by molar-refractivity contribution is -0.110. The molecule has 0 unspecified atom stereocenters. The van der Waals surface area contributed by atoms with E-state index in [2.05, 4.69) is 32.5 Å². The van der Waals surface area contributed by atoms with Crippen LogP contribution in [0.25, 0.3) is 11.6 Å². The molecular weight excluding hydrogens is 390 g/mol. The number of para-hydroxylation sites is 1. The quantitative estimate of drug-likeness (QED) is 0.495. The van der Waals surface area contributed by atoms with Gasteiger partial charge in [-0.3, -0.25) is 9.59 Å². The van der Waals surface area contributed by atoms with Crippen LogP contribution in [0.4, 0.5) is 5.69 Å². The molecule has 0 aliphatic carbocycles. The van der Waals surface area contributed by atoms with Gasteiger partial charge < -0.3 is 25.4 Å². The lowest BCUT2D eigenvalue weighted by Gasteiger charge is -2.32. The maximum atomic E-state index is 12.8. The second kappa shape index (κ2) is 9.08. The van der Waals surface area contributed by atoms with E-state index in [1.807, 2.05) is 44.2 Å². The molecule has 31 heavy (non-hydrogen) atoms. The maximum absolute atomic E-state index is 12.8. The lowest BCUT2D eigenvalue weighted by Crippen LogP contribution is -2.45. The Balaban J connectivity index is 1.40. The standard InChI is InChI=1S/C24H31N5O2/c1-16-21(15-19-18-7-4-5-8-20(18)27-23(19)30)26-17(2)22(16)24(31)25-9-6-10-29-13-11-28(3)12-14-29/h4-5,7-8,15,26H,6,9-14H2,1-3H3,(H,25,31)(H,27,30)/b19-15-. The topological polar surface area (TPSA) is 80.5 Å². The number of hydrogen-bond acceptors (Lipinski definition) is 4. The molecule has 4 rings (SSSR count). The first-order valence-corrected chi connectivity index (χ1v) is 10.9. The Bertz CT molecular complexity index is 1010. The van der Waals surface area contributed by atoms with Crippen LogP contribution in [0.2, 0.25) is 0 Å². The van der Waals surface area contributed by atoms with E-state index in [1.54, 1.807) is 0 Å². The highest BCUT2D eigenvalue weighted by atomic mass is 16.2. The van der Waals surface area contributed by atoms with E-state index in [-0.39, 0.29) is 11.8 Å². The van der Waals surface area contributed by atoms with Gasteiger partial charge in [0.1, 0.15) is 0 Å². The second-order valence-electron chi connectivity index (χ2n) is 8.48. The van der Waals surface area contributed by atoms with Crippen molar-refractivity contribution in [3.05, 3.63) is 52.3 Å². The van der Waals surface area contributed by atoms with Crippen LogP contribution in [0.15, 0.2) is 24.3 Å². The summed E-state index contributed by atoms with van der Waals surface area (Å²) in [5.74, 6) is -0.187. The molecule has 3 N–H and O–H groups in total. The first kappa shape index (κ1) is 21.3. The average molecular weight is 422 g/mol. The summed E-state index contributed by atoms with van der Waals surface area (Å²) in [5, 5.41) is 5.95. The van der Waals surface area contributed by atoms with E-state index in [4.69, 9.17) is 0 Å². The predicted molar refractivity (Wildman–Crippen MR) is 124 cm³/mol. The van der Waals surface area contributed by atoms with E-state index in [9.17, 15) is 9.59 Å². The number of amides is 2. The summed E-state index contributed by atoms with van der Waals surface area (Å²) in [5.41, 5.74) is 5.44. The summed E-state index contributed by atoms with van der Waals surface area (Å²) in [6, 6.07) is 7.64. The summed E-state index contributed by atoms with van der Waals surface area (Å²) >= 11 is 0. The monoisotopic (exact) mass is 421 g/mol. The zero-order valence-corrected chi connectivity index (χ0v) is 18.5. The van der Waals surface area contributed by atoms with Gasteiger partial charge in [-0.2, -0.15) is 0 Å². The van der Waals surface area contributed by atoms with Crippen molar-refractivity contribution in [2.45, 2.75) is 20.3 Å². The van der Waals surface area contributed by atoms with Gasteiger partial charge in [-0.05, 0) is 51.6 Å². The number of carbonyl (C=O) groups is 2. The molecule has 0 radical (unpaired) electrons. The molecule has 0 atom stereocenters. The SMILES string of the molecule is Cc1[nH]c(/C=C2\C(=O)Nc3ccccc32)c(C)c1C(=O)NCCCN1CCN(C)CC1. The van der Waals surface area contributed by atoms with Gasteiger partial charge in [-0.15, -0.1) is 0 Å². The van der Waals surface area contributed by atoms with Gasteiger partial charge in [-0.1, -0.05) is 18.2 Å². The van der Waals surface area contributed by atoms with Crippen LogP contribution in [-0.2, 0) is 4.79 Å². The number of benzene rings is 1. The summed E-state index contributed by atoms with van der Waals surface area (Å²) < 4.78 is 0. The Kier molecular flexibility index (Phi) is 6.25. The van der Waals surface area contributed by atoms with Gasteiger partial charge in [0.15, 0.2) is 0 Å². The number of anilines is 1. The van der Waals surface area contributed by atoms with Gasteiger partial charge in [-0.25, -0.2) is 0 Å². The van der Waals surface area contributed by atoms with Crippen molar-refractivity contribution in [3.8, 4) is 0 Å². The molecule has 2 aliphatic rings. The van der Waals surface area contributed by atoms with E-state index in [0.29, 0.717) is 17.7 Å². The number of H-pyrrole nitrogens is 1. The molecule has 3 heterocycles. The van der Waals surface area contributed by atoms with Crippen LogP contribution in [0.3, 0.4) is 0 Å². The van der Waals surface area contributed by atoms with Gasteiger partial charge >= 0.3 is 0 Å². The van der Waals surface area contributed by atoms with Crippen molar-refractivity contribution in [2.24, 2.45) is 0 Å². The number of aromatic nitrogens is 1. The first-order chi connectivity index (χ1) is 14.9. The minimum Gasteiger partial charge on any atom is -0.358 e. The van der Waals surface area contributed by atoms with Crippen LogP contribution in [0.1, 0.15) is 39.3 Å². The van der Waals surface area contributed by atoms with E-state index < -0.39 is 0 Å². The molecule has 1 fully saturated rings. The van der Waals surface area contributed by atoms with Crippen molar-refractivity contribution in [1.29, 1.82) is 0 Å². The Morgan fingerprint density at radius 2 is 1.90 bits per heavy atom. The predicted octanol–water partition coefficient (Wildman–Crippen LogP) is 2.49. The number of rotatable bonds is 6. The average Bonchev–Trinajstić information content (AvgIpc) is 3.22. The lowest BCUT2D eigenvalue weighted by atomic mass is 10.0. The van der Waals surface area contributed by atoms with Crippen molar-refractivity contribution < 1.29 is 9.59 Å². The molecular formula is C24H31N5O2. The summed E-state index contributed by atoms with van der Waals surface area (Å²) in [7, 11) is 2.15. The number of aryl methyl sites for hydroxylation is 1. The Labute approximate surface area is 183 Å². The highest BCUT2D eigenvalue weighted by Crippen LogP contribution is 2.33. The fraction of sp³-hybridized carbons (Fsp3) is 0.417. The number of fused-ring (bicyclic) bond motifs is 1. The largest absolute Gasteiger partial charge is 0.358 e. The molecule has 2 aromatic rings. The fourth-order valence-electron chi connectivity index (χ4n) is 4.35. The van der Waals surface area contributed by atoms with E-state index >= 15 is 0 Å². The van der Waals surface area contributed by atoms with Crippen molar-refractivity contribution >= 4 is 29.2 Å². The van der Waals surface area contributed by atoms with Crippen LogP contribution in [0.5, 0.6) is 0 Å². The summed E-state index contributed by atoms with van der Waals surface area (Å²) in [6.45, 7) is 9.88. The molecule has 2 aliphatic heterocycles. The Morgan fingerprint density at radius 1 is 1.16 bits per heavy atom. The van der Waals surface area contributed by atoms with Crippen LogP contribution < -0.4 is 10.6 Å². The summed E-state index contributed by atoms with van der Waals surface area (Å²) in [6.07, 6.45) is 2.78. The third kappa shape index (κ3) is 4.57. The maximum Gasteiger partial charge on any atom is 0.256 e. The number of hydrogen-bond donors (Lipinski definition) is 3. The van der Waals surface area contributed by atoms with Crippen LogP contribution >= 0.6 is 0 Å². The third-order valence-electron chi connectivity index (χ3n) is 6.23. The van der Waals surface area contributed by atoms with Crippen molar-refractivity contribution in [2.75, 3.05) is 51.6 Å². The van der Waals surface area contributed by atoms with Crippen molar-refractivity contribution in [1.82, 2.24) is 20.1 Å². The van der Waals surface area contributed by atoms with E-state index in [0.717, 1.165) is 67.3 Å². The number of likely N-dealkylation sites (N-methyl/N-ethyl adjacent to an activating group) is 1. The van der Waals surface area contributed by atoms with Gasteiger partial charge in [0, 0.05) is 55.4 Å². The number of carbonyl (C=O) groups excluding carboxylic acids is 2. The van der Waals surface area contributed by atoms with Crippen LogP contribution in [-0.4, -0.2) is 72.9 Å². The van der Waals surface area contributed by atoms with Gasteiger partial charge in [0.05, 0.1) is 11.1 Å². The molecule has 0 saturated carbocycles. The normalized spacial score (nSPS) is 18.3. The highest BCUT2D eigenvalue weighted by Gasteiger charge is 2.25. The molecule has 7 heteroatoms. The molecule has 2 amide bonds. The Hall–Kier alpha value is -2.90. The summed E-state index contributed by atoms with van der Waals surface area (Å²) in [4.78, 5) is 33.3. The van der Waals surface area contributed by atoms with Gasteiger partial charge in [0.25, 0.3) is 11.8 Å². The van der Waals surface area contributed by atoms with E-state index in [1.165, 1.54) is 0 Å². The minimum absolute atomic E-state index is 0.0643. The molecule has 0 spiro atoms. The molecule has 1 aromatic carbocycles. The van der Waals surface area contributed by atoms with Crippen LogP contribution in [0, 0.1) is 13.8 Å². The Morgan fingerprint density at radius 3 is 2.68 bits per heavy atom. The number of nitrogens with one attached hydrogen (secondary N) is 3. The fourth-order valence-corrected chi connectivity index (χ4v) is 4.35. The van der Waals surface area contributed by atoms with Gasteiger partial charge in [0.2, 0.25) is 0 Å². The molecule has 1 aromatic heterocycles. The number of nitrogens with zero attached hydrogens (tertiary/aromatic N) is 2. The zero-order chi connectivity index (χ0) is 22.0. The second-order valence-corrected chi connectivity index (χ2v) is 8.48. The first-order valence-electron chi connectivity index (χ1n) is 10.9. The molecule has 0 bridgehead atoms. The number of piperazine rings is 1. The third-order valence-corrected chi connectivity index (χ3v) is 6.23. The van der Waals surface area contributed by atoms with Crippen molar-refractivity contribution in [3.63, 3.8) is 0 Å². The number of aromatic amines is 1. The molecule has 164 valence electrons. The minimum atomic E-state index is -0.122. The highest BCUT2D eigenvalue weighted by molar-refractivity contribution is 6.34. The molecule has 7 nitrogen and oxygen atoms in total.